The van der Waals surface area contributed by atoms with Crippen molar-refractivity contribution in [3.05, 3.63) is 141 Å². The van der Waals surface area contributed by atoms with E-state index in [1.54, 1.807) is 12.1 Å². The van der Waals surface area contributed by atoms with Gasteiger partial charge >= 0.3 is 5.97 Å². The quantitative estimate of drug-likeness (QED) is 0.173. The van der Waals surface area contributed by atoms with Gasteiger partial charge in [0.05, 0.1) is 23.8 Å². The zero-order valence-electron chi connectivity index (χ0n) is 20.9. The van der Waals surface area contributed by atoms with Gasteiger partial charge in [-0.3, -0.25) is 0 Å². The van der Waals surface area contributed by atoms with E-state index in [4.69, 9.17) is 14.7 Å². The molecule has 4 aromatic carbocycles. The molecule has 0 aromatic heterocycles. The van der Waals surface area contributed by atoms with Gasteiger partial charge in [-0.25, -0.2) is 4.79 Å². The number of carbonyl (C=O) groups is 1. The van der Waals surface area contributed by atoms with E-state index < -0.39 is 0 Å². The molecule has 0 heterocycles. The molecule has 0 spiro atoms. The van der Waals surface area contributed by atoms with E-state index >= 15 is 0 Å². The Balaban J connectivity index is 1.45. The molecule has 0 aliphatic heterocycles. The molecule has 4 nitrogen and oxygen atoms in total. The first kappa shape index (κ1) is 26.9. The van der Waals surface area contributed by atoms with E-state index in [2.05, 4.69) is 28.1 Å². The van der Waals surface area contributed by atoms with Gasteiger partial charge in [-0.05, 0) is 66.4 Å². The summed E-state index contributed by atoms with van der Waals surface area (Å²) >= 11 is 3.46. The van der Waals surface area contributed by atoms with Crippen LogP contribution in [0.2, 0.25) is 0 Å². The summed E-state index contributed by atoms with van der Waals surface area (Å²) in [7, 11) is 0. The third kappa shape index (κ3) is 8.19. The van der Waals surface area contributed by atoms with E-state index in [1.165, 1.54) is 0 Å². The van der Waals surface area contributed by atoms with Gasteiger partial charge in [-0.15, -0.1) is 0 Å². The summed E-state index contributed by atoms with van der Waals surface area (Å²) in [5.41, 5.74) is 4.35. The van der Waals surface area contributed by atoms with Crippen molar-refractivity contribution >= 4 is 28.0 Å². The minimum atomic E-state index is -0.333. The Morgan fingerprint density at radius 1 is 0.868 bits per heavy atom. The van der Waals surface area contributed by atoms with Crippen LogP contribution >= 0.6 is 15.9 Å². The Bertz CT molecular complexity index is 1390. The molecule has 190 valence electrons. The van der Waals surface area contributed by atoms with Crippen LogP contribution in [0.4, 0.5) is 0 Å². The third-order valence-electron chi connectivity index (χ3n) is 6.10. The molecule has 1 atom stereocenters. The second-order valence-corrected chi connectivity index (χ2v) is 9.80. The minimum Gasteiger partial charge on any atom is -0.488 e. The van der Waals surface area contributed by atoms with E-state index in [1.807, 2.05) is 97.1 Å². The van der Waals surface area contributed by atoms with Crippen LogP contribution in [0.15, 0.2) is 114 Å². The first-order chi connectivity index (χ1) is 18.6. The Labute approximate surface area is 232 Å². The van der Waals surface area contributed by atoms with Crippen molar-refractivity contribution in [3.63, 3.8) is 0 Å². The van der Waals surface area contributed by atoms with Gasteiger partial charge in [-0.2, -0.15) is 5.26 Å². The molecule has 0 N–H and O–H groups in total. The summed E-state index contributed by atoms with van der Waals surface area (Å²) in [6.07, 6.45) is 5.71. The highest BCUT2D eigenvalue weighted by molar-refractivity contribution is 9.10. The summed E-state index contributed by atoms with van der Waals surface area (Å²) in [5, 5.41) is 9.06. The summed E-state index contributed by atoms with van der Waals surface area (Å²) in [6.45, 7) is 0.733. The molecular formula is C33H28BrNO3. The van der Waals surface area contributed by atoms with E-state index in [-0.39, 0.29) is 18.5 Å². The third-order valence-corrected chi connectivity index (χ3v) is 6.63. The standard InChI is InChI=1S/C33H28BrNO3/c34-31-20-17-28(18-21-31)23-37-32-9-5-4-6-29(32)19-16-27(15-12-25-10-13-26(22-35)14-11-25)24-38-33(36)30-7-2-1-3-8-30/h1-11,13-14,16-21,27H,12,15,23-24H2. The molecule has 0 fully saturated rings. The molecule has 0 aliphatic rings. The number of hydrogen-bond donors (Lipinski definition) is 0. The number of aryl methyl sites for hydroxylation is 1. The van der Waals surface area contributed by atoms with Crippen molar-refractivity contribution < 1.29 is 14.3 Å². The van der Waals surface area contributed by atoms with Crippen molar-refractivity contribution in [3.8, 4) is 11.8 Å². The molecule has 0 saturated carbocycles. The maximum atomic E-state index is 12.6. The first-order valence-corrected chi connectivity index (χ1v) is 13.3. The summed E-state index contributed by atoms with van der Waals surface area (Å²) in [4.78, 5) is 12.6. The molecule has 0 radical (unpaired) electrons. The zero-order chi connectivity index (χ0) is 26.6. The van der Waals surface area contributed by atoms with Crippen LogP contribution in [-0.2, 0) is 17.8 Å². The number of hydrogen-bond acceptors (Lipinski definition) is 4. The Morgan fingerprint density at radius 3 is 2.29 bits per heavy atom. The number of para-hydroxylation sites is 1. The van der Waals surface area contributed by atoms with E-state index in [0.717, 1.165) is 39.8 Å². The molecule has 0 bridgehead atoms. The Kier molecular flexibility index (Phi) is 9.89. The second-order valence-electron chi connectivity index (χ2n) is 8.88. The fraction of sp³-hybridized carbons (Fsp3) is 0.152. The van der Waals surface area contributed by atoms with Gasteiger partial charge < -0.3 is 9.47 Å². The van der Waals surface area contributed by atoms with Gasteiger partial charge in [0.25, 0.3) is 0 Å². The van der Waals surface area contributed by atoms with Crippen LogP contribution in [-0.4, -0.2) is 12.6 Å². The number of benzene rings is 4. The monoisotopic (exact) mass is 565 g/mol. The van der Waals surface area contributed by atoms with Crippen molar-refractivity contribution in [1.29, 1.82) is 5.26 Å². The highest BCUT2D eigenvalue weighted by Crippen LogP contribution is 2.23. The summed E-state index contributed by atoms with van der Waals surface area (Å²) in [6, 6.07) is 34.7. The average molecular weight is 566 g/mol. The molecular weight excluding hydrogens is 538 g/mol. The molecule has 1 unspecified atom stereocenters. The molecule has 0 amide bonds. The molecule has 4 aromatic rings. The zero-order valence-corrected chi connectivity index (χ0v) is 22.5. The van der Waals surface area contributed by atoms with E-state index in [0.29, 0.717) is 17.7 Å². The summed E-state index contributed by atoms with van der Waals surface area (Å²) in [5.74, 6) is 0.456. The van der Waals surface area contributed by atoms with Crippen LogP contribution < -0.4 is 4.74 Å². The smallest absolute Gasteiger partial charge is 0.338 e. The number of carbonyl (C=O) groups excluding carboxylic acids is 1. The second kappa shape index (κ2) is 14.0. The van der Waals surface area contributed by atoms with Gasteiger partial charge in [0.2, 0.25) is 0 Å². The van der Waals surface area contributed by atoms with Crippen LogP contribution in [0.5, 0.6) is 5.75 Å². The maximum absolute atomic E-state index is 12.6. The predicted octanol–water partition coefficient (Wildman–Crippen LogP) is 8.02. The molecule has 0 saturated heterocycles. The predicted molar refractivity (Wildman–Crippen MR) is 154 cm³/mol. The van der Waals surface area contributed by atoms with Crippen molar-refractivity contribution in [2.75, 3.05) is 6.61 Å². The SMILES string of the molecule is N#Cc1ccc(CCC(C=Cc2ccccc2OCc2ccc(Br)cc2)COC(=O)c2ccccc2)cc1. The summed E-state index contributed by atoms with van der Waals surface area (Å²) < 4.78 is 12.8. The Morgan fingerprint density at radius 2 is 1.55 bits per heavy atom. The number of ether oxygens (including phenoxy) is 2. The fourth-order valence-corrected chi connectivity index (χ4v) is 4.17. The lowest BCUT2D eigenvalue weighted by Crippen LogP contribution is -2.13. The number of nitrogens with zero attached hydrogens (tertiary/aromatic N) is 1. The molecule has 38 heavy (non-hydrogen) atoms. The average Bonchev–Trinajstić information content (AvgIpc) is 2.97. The Hall–Kier alpha value is -4.14. The number of esters is 1. The van der Waals surface area contributed by atoms with E-state index in [9.17, 15) is 4.79 Å². The largest absolute Gasteiger partial charge is 0.488 e. The van der Waals surface area contributed by atoms with Crippen molar-refractivity contribution in [2.45, 2.75) is 19.4 Å². The fourth-order valence-electron chi connectivity index (χ4n) is 3.90. The van der Waals surface area contributed by atoms with Crippen molar-refractivity contribution in [2.24, 2.45) is 5.92 Å². The van der Waals surface area contributed by atoms with Crippen LogP contribution in [0.25, 0.3) is 6.08 Å². The lowest BCUT2D eigenvalue weighted by Gasteiger charge is -2.15. The lowest BCUT2D eigenvalue weighted by atomic mass is 9.98. The number of rotatable bonds is 11. The van der Waals surface area contributed by atoms with Crippen molar-refractivity contribution in [1.82, 2.24) is 0 Å². The normalized spacial score (nSPS) is 11.6. The highest BCUT2D eigenvalue weighted by atomic mass is 79.9. The molecule has 4 rings (SSSR count). The van der Waals surface area contributed by atoms with Crippen LogP contribution in [0.1, 0.15) is 39.0 Å². The van der Waals surface area contributed by atoms with Gasteiger partial charge in [-0.1, -0.05) is 88.7 Å². The minimum absolute atomic E-state index is 0.00200. The topological polar surface area (TPSA) is 59.3 Å². The highest BCUT2D eigenvalue weighted by Gasteiger charge is 2.12. The van der Waals surface area contributed by atoms with Crippen LogP contribution in [0.3, 0.4) is 0 Å². The molecule has 5 heteroatoms. The first-order valence-electron chi connectivity index (χ1n) is 12.5. The lowest BCUT2D eigenvalue weighted by molar-refractivity contribution is 0.0461. The number of halogens is 1. The van der Waals surface area contributed by atoms with Gasteiger partial charge in [0.15, 0.2) is 0 Å². The maximum Gasteiger partial charge on any atom is 0.338 e. The molecule has 0 aliphatic carbocycles. The van der Waals surface area contributed by atoms with Gasteiger partial charge in [0, 0.05) is 16.0 Å². The number of nitriles is 1. The van der Waals surface area contributed by atoms with Gasteiger partial charge in [0.1, 0.15) is 12.4 Å². The van der Waals surface area contributed by atoms with Crippen LogP contribution in [0, 0.1) is 17.2 Å².